The smallest absolute Gasteiger partial charge is 0.250 e. The highest BCUT2D eigenvalue weighted by molar-refractivity contribution is 5.99. The van der Waals surface area contributed by atoms with Gasteiger partial charge in [0.1, 0.15) is 11.5 Å². The molecule has 146 valence electrons. The van der Waals surface area contributed by atoms with Crippen molar-refractivity contribution < 1.29 is 4.79 Å². The largest absolute Gasteiger partial charge is 0.366 e. The zero-order valence-electron chi connectivity index (χ0n) is 16.3. The predicted octanol–water partition coefficient (Wildman–Crippen LogP) is 4.33. The summed E-state index contributed by atoms with van der Waals surface area (Å²) in [6.07, 6.45) is 7.36. The number of nitrogens with two attached hydrogens (primary N) is 1. The van der Waals surface area contributed by atoms with Gasteiger partial charge >= 0.3 is 0 Å². The van der Waals surface area contributed by atoms with Crippen molar-refractivity contribution in [3.8, 4) is 11.4 Å². The molecule has 1 saturated heterocycles. The Morgan fingerprint density at radius 1 is 1.03 bits per heavy atom. The fourth-order valence-corrected chi connectivity index (χ4v) is 4.55. The van der Waals surface area contributed by atoms with Crippen LogP contribution >= 0.6 is 0 Å². The minimum absolute atomic E-state index is 0.406. The number of allylic oxidation sites excluding steroid dienone is 1. The van der Waals surface area contributed by atoms with Crippen molar-refractivity contribution in [2.45, 2.75) is 25.7 Å². The van der Waals surface area contributed by atoms with Gasteiger partial charge in [0.05, 0.1) is 16.8 Å². The third kappa shape index (κ3) is 3.37. The molecule has 5 rings (SSSR count). The molecular formula is C24H24N4O. The summed E-state index contributed by atoms with van der Waals surface area (Å²) in [4.78, 5) is 24.0. The number of fused-ring (bicyclic) bond motifs is 2. The van der Waals surface area contributed by atoms with Gasteiger partial charge in [-0.25, -0.2) is 9.97 Å². The van der Waals surface area contributed by atoms with E-state index in [1.165, 1.54) is 24.8 Å². The van der Waals surface area contributed by atoms with Crippen LogP contribution in [-0.2, 0) is 0 Å². The number of hydrogen-bond acceptors (Lipinski definition) is 4. The second-order valence-corrected chi connectivity index (χ2v) is 7.94. The van der Waals surface area contributed by atoms with Gasteiger partial charge in [0.25, 0.3) is 5.91 Å². The number of para-hydroxylation sites is 1. The average Bonchev–Trinajstić information content (AvgIpc) is 2.78. The van der Waals surface area contributed by atoms with Gasteiger partial charge in [-0.15, -0.1) is 0 Å². The average molecular weight is 384 g/mol. The molecule has 1 aromatic carbocycles. The molecular weight excluding hydrogens is 360 g/mol. The third-order valence-corrected chi connectivity index (χ3v) is 6.12. The molecule has 0 bridgehead atoms. The van der Waals surface area contributed by atoms with E-state index < -0.39 is 5.91 Å². The number of hydrogen-bond donors (Lipinski definition) is 1. The first kappa shape index (κ1) is 17.9. The molecule has 1 aliphatic carbocycles. The molecule has 5 heteroatoms. The third-order valence-electron chi connectivity index (χ3n) is 6.12. The van der Waals surface area contributed by atoms with Crippen LogP contribution < -0.4 is 10.6 Å². The highest BCUT2D eigenvalue weighted by Gasteiger charge is 2.27. The second-order valence-electron chi connectivity index (χ2n) is 7.94. The molecule has 1 fully saturated rings. The Balaban J connectivity index is 1.55. The minimum Gasteiger partial charge on any atom is -0.366 e. The zero-order chi connectivity index (χ0) is 19.8. The lowest BCUT2D eigenvalue weighted by atomic mass is 9.82. The summed E-state index contributed by atoms with van der Waals surface area (Å²) >= 11 is 0. The van der Waals surface area contributed by atoms with E-state index in [2.05, 4.69) is 11.0 Å². The lowest BCUT2D eigenvalue weighted by molar-refractivity contribution is 0.100. The van der Waals surface area contributed by atoms with E-state index in [-0.39, 0.29) is 0 Å². The summed E-state index contributed by atoms with van der Waals surface area (Å²) in [5, 5.41) is 1.05. The number of benzene rings is 1. The molecule has 5 nitrogen and oxygen atoms in total. The molecule has 0 spiro atoms. The van der Waals surface area contributed by atoms with E-state index in [0.29, 0.717) is 17.0 Å². The van der Waals surface area contributed by atoms with Crippen LogP contribution in [0.4, 0.5) is 5.82 Å². The van der Waals surface area contributed by atoms with Crippen LogP contribution in [0.15, 0.2) is 60.2 Å². The summed E-state index contributed by atoms with van der Waals surface area (Å²) < 4.78 is 0. The summed E-state index contributed by atoms with van der Waals surface area (Å²) in [5.74, 6) is 1.12. The van der Waals surface area contributed by atoms with Gasteiger partial charge in [0.15, 0.2) is 0 Å². The first-order valence-electron chi connectivity index (χ1n) is 10.3. The Morgan fingerprint density at radius 3 is 2.83 bits per heavy atom. The topological polar surface area (TPSA) is 72.1 Å². The Hall–Kier alpha value is -3.21. The quantitative estimate of drug-likeness (QED) is 0.682. The number of piperidine rings is 1. The van der Waals surface area contributed by atoms with Crippen LogP contribution in [-0.4, -0.2) is 29.0 Å². The maximum atomic E-state index is 12.1. The standard InChI is InChI=1S/C24H24N4O/c25-24(29)19-10-12-22(28-14-13-16-5-1-2-7-18(16)15-28)27-23(19)21-11-9-17-6-3-4-8-20(17)26-21/h3-4,6-12,16H,1-2,5,13-15H2,(H2,25,29). The van der Waals surface area contributed by atoms with Crippen LogP contribution in [0.25, 0.3) is 22.3 Å². The molecule has 0 saturated carbocycles. The number of amides is 1. The van der Waals surface area contributed by atoms with Gasteiger partial charge in [-0.2, -0.15) is 0 Å². The molecule has 2 aromatic heterocycles. The molecule has 1 unspecified atom stereocenters. The van der Waals surface area contributed by atoms with Gasteiger partial charge < -0.3 is 10.6 Å². The molecule has 2 N–H and O–H groups in total. The fourth-order valence-electron chi connectivity index (χ4n) is 4.55. The van der Waals surface area contributed by atoms with Crippen LogP contribution in [0, 0.1) is 5.92 Å². The number of rotatable bonds is 3. The Morgan fingerprint density at radius 2 is 1.93 bits per heavy atom. The van der Waals surface area contributed by atoms with Crippen molar-refractivity contribution in [3.05, 3.63) is 65.7 Å². The van der Waals surface area contributed by atoms with E-state index in [0.717, 1.165) is 42.1 Å². The molecule has 3 aromatic rings. The Kier molecular flexibility index (Phi) is 4.51. The molecule has 1 atom stereocenters. The molecule has 29 heavy (non-hydrogen) atoms. The van der Waals surface area contributed by atoms with Crippen molar-refractivity contribution in [2.75, 3.05) is 18.0 Å². The summed E-state index contributed by atoms with van der Waals surface area (Å²) in [6, 6.07) is 15.6. The van der Waals surface area contributed by atoms with Crippen LogP contribution in [0.5, 0.6) is 0 Å². The van der Waals surface area contributed by atoms with Crippen molar-refractivity contribution in [1.29, 1.82) is 0 Å². The van der Waals surface area contributed by atoms with Gasteiger partial charge in [0, 0.05) is 18.5 Å². The fraction of sp³-hybridized carbons (Fsp3) is 0.292. The van der Waals surface area contributed by atoms with Crippen molar-refractivity contribution in [3.63, 3.8) is 0 Å². The molecule has 1 amide bonds. The Bertz CT molecular complexity index is 1120. The number of carbonyl (C=O) groups excluding carboxylic acids is 1. The highest BCUT2D eigenvalue weighted by atomic mass is 16.1. The number of anilines is 1. The van der Waals surface area contributed by atoms with Gasteiger partial charge in [0.2, 0.25) is 0 Å². The van der Waals surface area contributed by atoms with Gasteiger partial charge in [-0.05, 0) is 55.9 Å². The van der Waals surface area contributed by atoms with E-state index in [4.69, 9.17) is 15.7 Å². The van der Waals surface area contributed by atoms with Crippen LogP contribution in [0.2, 0.25) is 0 Å². The predicted molar refractivity (Wildman–Crippen MR) is 116 cm³/mol. The summed E-state index contributed by atoms with van der Waals surface area (Å²) in [7, 11) is 0. The maximum absolute atomic E-state index is 12.1. The normalized spacial score (nSPS) is 19.0. The number of carbonyl (C=O) groups is 1. The second kappa shape index (κ2) is 7.32. The number of pyridine rings is 2. The van der Waals surface area contributed by atoms with E-state index in [1.807, 2.05) is 42.5 Å². The molecule has 1 aliphatic heterocycles. The van der Waals surface area contributed by atoms with Crippen molar-refractivity contribution >= 4 is 22.6 Å². The van der Waals surface area contributed by atoms with Gasteiger partial charge in [-0.1, -0.05) is 35.9 Å². The lowest BCUT2D eigenvalue weighted by Gasteiger charge is -2.37. The zero-order valence-corrected chi connectivity index (χ0v) is 16.3. The molecule has 3 heterocycles. The van der Waals surface area contributed by atoms with E-state index in [1.54, 1.807) is 6.07 Å². The molecule has 0 radical (unpaired) electrons. The summed E-state index contributed by atoms with van der Waals surface area (Å²) in [6.45, 7) is 1.90. The van der Waals surface area contributed by atoms with Crippen molar-refractivity contribution in [2.24, 2.45) is 11.7 Å². The van der Waals surface area contributed by atoms with Crippen LogP contribution in [0.1, 0.15) is 36.0 Å². The Labute approximate surface area is 170 Å². The summed E-state index contributed by atoms with van der Waals surface area (Å²) in [5.41, 5.74) is 9.70. The van der Waals surface area contributed by atoms with E-state index in [9.17, 15) is 4.79 Å². The minimum atomic E-state index is -0.484. The number of primary amides is 1. The highest BCUT2D eigenvalue weighted by Crippen LogP contribution is 2.34. The number of aromatic nitrogens is 2. The number of nitrogens with zero attached hydrogens (tertiary/aromatic N) is 3. The first-order chi connectivity index (χ1) is 14.2. The van der Waals surface area contributed by atoms with Gasteiger partial charge in [-0.3, -0.25) is 4.79 Å². The van der Waals surface area contributed by atoms with E-state index >= 15 is 0 Å². The molecule has 2 aliphatic rings. The SMILES string of the molecule is NC(=O)c1ccc(N2CCC3CCCC=C3C2)nc1-c1ccc2ccccc2n1. The lowest BCUT2D eigenvalue weighted by Crippen LogP contribution is -2.37. The first-order valence-corrected chi connectivity index (χ1v) is 10.3. The van der Waals surface area contributed by atoms with Crippen LogP contribution in [0.3, 0.4) is 0 Å². The van der Waals surface area contributed by atoms with Crippen molar-refractivity contribution in [1.82, 2.24) is 9.97 Å². The monoisotopic (exact) mass is 384 g/mol. The maximum Gasteiger partial charge on any atom is 0.250 e.